The van der Waals surface area contributed by atoms with E-state index in [0.29, 0.717) is 17.2 Å². The van der Waals surface area contributed by atoms with Crippen LogP contribution in [-0.2, 0) is 0 Å². The van der Waals surface area contributed by atoms with Gasteiger partial charge in [-0.15, -0.1) is 6.42 Å². The lowest BCUT2D eigenvalue weighted by Crippen LogP contribution is -2.37. The Morgan fingerprint density at radius 2 is 1.95 bits per heavy atom. The van der Waals surface area contributed by atoms with E-state index in [0.717, 1.165) is 23.3 Å². The maximum atomic E-state index is 15.7. The second-order valence-electron chi connectivity index (χ2n) is 9.14. The molecule has 1 aromatic carbocycles. The summed E-state index contributed by atoms with van der Waals surface area (Å²) in [6.45, 7) is 12.1. The van der Waals surface area contributed by atoms with Gasteiger partial charge in [-0.3, -0.25) is 9.98 Å². The van der Waals surface area contributed by atoms with Gasteiger partial charge in [-0.2, -0.15) is 0 Å². The molecule has 0 spiro atoms. The molecule has 0 aliphatic heterocycles. The van der Waals surface area contributed by atoms with Crippen LogP contribution in [-0.4, -0.2) is 64.4 Å². The van der Waals surface area contributed by atoms with Crippen LogP contribution in [0.15, 0.2) is 82.2 Å². The Hall–Kier alpha value is -4.25. The van der Waals surface area contributed by atoms with Gasteiger partial charge in [-0.25, -0.2) is 4.39 Å². The summed E-state index contributed by atoms with van der Waals surface area (Å²) in [5, 5.41) is 3.26. The largest absolute Gasteiger partial charge is 0.497 e. The molecular weight excluding hydrogens is 505 g/mol. The number of benzene rings is 1. The number of nitrogens with one attached hydrogen (secondary N) is 1. The molecule has 216 valence electrons. The minimum absolute atomic E-state index is 0.0690. The summed E-state index contributed by atoms with van der Waals surface area (Å²) in [6, 6.07) is 3.14. The van der Waals surface area contributed by atoms with Gasteiger partial charge in [-0.05, 0) is 44.4 Å². The highest BCUT2D eigenvalue weighted by Crippen LogP contribution is 2.34. The van der Waals surface area contributed by atoms with Crippen molar-refractivity contribution in [3.05, 3.63) is 78.1 Å². The average molecular weight is 550 g/mol. The summed E-state index contributed by atoms with van der Waals surface area (Å²) in [4.78, 5) is 13.3. The molecule has 0 saturated heterocycles. The van der Waals surface area contributed by atoms with Gasteiger partial charge in [0.25, 0.3) is 0 Å². The van der Waals surface area contributed by atoms with Gasteiger partial charge in [0.1, 0.15) is 11.9 Å². The summed E-state index contributed by atoms with van der Waals surface area (Å²) in [7, 11) is 8.72. The summed E-state index contributed by atoms with van der Waals surface area (Å²) < 4.78 is 26.5. The molecule has 0 heterocycles. The number of hydrogen-bond donors (Lipinski definition) is 1. The molecule has 0 saturated carbocycles. The van der Waals surface area contributed by atoms with E-state index in [1.54, 1.807) is 12.3 Å². The Labute approximate surface area is 240 Å². The molecule has 1 rings (SSSR count). The highest BCUT2D eigenvalue weighted by Gasteiger charge is 2.23. The highest BCUT2D eigenvalue weighted by atomic mass is 19.1. The Morgan fingerprint density at radius 3 is 2.48 bits per heavy atom. The number of allylic oxidation sites excluding steroid dienone is 6. The van der Waals surface area contributed by atoms with Crippen molar-refractivity contribution < 1.29 is 13.9 Å². The Bertz CT molecular complexity index is 1230. The SMILES string of the molecule is C#C/C=C\N=C(C)CN(c1cc(OC)cc(OC)c1F)C(C)N=C(/C=C(C)/C(C=C)=C/N(C)C)/C(=C\CC)NC. The van der Waals surface area contributed by atoms with Crippen molar-refractivity contribution in [1.82, 2.24) is 10.2 Å². The van der Waals surface area contributed by atoms with Gasteiger partial charge < -0.3 is 24.6 Å². The molecule has 0 aliphatic carbocycles. The number of methoxy groups -OCH3 is 2. The van der Waals surface area contributed by atoms with Crippen LogP contribution in [0.5, 0.6) is 11.5 Å². The first-order chi connectivity index (χ1) is 19.1. The zero-order valence-corrected chi connectivity index (χ0v) is 25.4. The fourth-order valence-electron chi connectivity index (χ4n) is 3.82. The van der Waals surface area contributed by atoms with Gasteiger partial charge in [0.05, 0.1) is 37.9 Å². The van der Waals surface area contributed by atoms with Gasteiger partial charge >= 0.3 is 0 Å². The molecule has 8 heteroatoms. The third-order valence-corrected chi connectivity index (χ3v) is 5.78. The molecule has 1 N–H and O–H groups in total. The van der Waals surface area contributed by atoms with Crippen molar-refractivity contribution >= 4 is 17.1 Å². The molecule has 0 fully saturated rings. The van der Waals surface area contributed by atoms with Gasteiger partial charge in [0.2, 0.25) is 0 Å². The second-order valence-corrected chi connectivity index (χ2v) is 9.14. The number of halogens is 1. The molecule has 0 aromatic heterocycles. The van der Waals surface area contributed by atoms with Crippen molar-refractivity contribution in [3.8, 4) is 23.8 Å². The van der Waals surface area contributed by atoms with E-state index in [9.17, 15) is 0 Å². The number of hydrogen-bond acceptors (Lipinski definition) is 7. The molecule has 7 nitrogen and oxygen atoms in total. The Morgan fingerprint density at radius 1 is 1.25 bits per heavy atom. The summed E-state index contributed by atoms with van der Waals surface area (Å²) in [5.41, 5.74) is 4.48. The number of rotatable bonds is 15. The van der Waals surface area contributed by atoms with Crippen LogP contribution in [0.1, 0.15) is 34.1 Å². The fourth-order valence-corrected chi connectivity index (χ4v) is 3.82. The van der Waals surface area contributed by atoms with E-state index >= 15 is 4.39 Å². The van der Waals surface area contributed by atoms with E-state index in [-0.39, 0.29) is 18.0 Å². The summed E-state index contributed by atoms with van der Waals surface area (Å²) in [5.74, 6) is 2.42. The van der Waals surface area contributed by atoms with Crippen molar-refractivity contribution in [1.29, 1.82) is 0 Å². The molecule has 0 radical (unpaired) electrons. The molecule has 40 heavy (non-hydrogen) atoms. The third-order valence-electron chi connectivity index (χ3n) is 5.78. The number of anilines is 1. The lowest BCUT2D eigenvalue weighted by atomic mass is 10.1. The van der Waals surface area contributed by atoms with E-state index in [2.05, 4.69) is 35.8 Å². The van der Waals surface area contributed by atoms with Crippen LogP contribution in [0.25, 0.3) is 0 Å². The topological polar surface area (TPSA) is 61.7 Å². The number of terminal acetylenes is 1. The van der Waals surface area contributed by atoms with E-state index in [1.807, 2.05) is 70.1 Å². The second kappa shape index (κ2) is 17.4. The number of ether oxygens (including phenoxy) is 2. The zero-order valence-electron chi connectivity index (χ0n) is 25.4. The quantitative estimate of drug-likeness (QED) is 0.162. The molecule has 0 aliphatic rings. The zero-order chi connectivity index (χ0) is 30.2. The predicted octanol–water partition coefficient (Wildman–Crippen LogP) is 6.14. The van der Waals surface area contributed by atoms with Crippen LogP contribution >= 0.6 is 0 Å². The standard InChI is InChI=1S/C32H44FN5O2/c1-12-15-17-35-24(5)21-38(30-19-27(39-10)20-31(40-11)32(30)33)25(6)36-29(28(34-7)16-13-2)18-23(4)26(14-3)22-37(8)9/h1,14-20,22,25,34H,3,13,21H2,2,4-11H3/b17-15-,23-18+,26-22+,28-16+,35-24?,36-29?. The minimum Gasteiger partial charge on any atom is -0.497 e. The fraction of sp³-hybridized carbons (Fsp3) is 0.375. The lowest BCUT2D eigenvalue weighted by Gasteiger charge is -2.30. The Balaban J connectivity index is 3.90. The minimum atomic E-state index is -0.522. The number of aliphatic imine (C=N–C) groups is 2. The van der Waals surface area contributed by atoms with Crippen molar-refractivity contribution in [3.63, 3.8) is 0 Å². The Kier molecular flexibility index (Phi) is 14.7. The average Bonchev–Trinajstić information content (AvgIpc) is 2.93. The lowest BCUT2D eigenvalue weighted by molar-refractivity contribution is 0.373. The van der Waals surface area contributed by atoms with Gasteiger partial charge in [-0.1, -0.05) is 31.6 Å². The third kappa shape index (κ3) is 10.1. The molecular formula is C32H44FN5O2. The smallest absolute Gasteiger partial charge is 0.188 e. The predicted molar refractivity (Wildman–Crippen MR) is 168 cm³/mol. The van der Waals surface area contributed by atoms with E-state index in [1.165, 1.54) is 26.4 Å². The normalized spacial score (nSPS) is 14.1. The maximum Gasteiger partial charge on any atom is 0.188 e. The monoisotopic (exact) mass is 549 g/mol. The van der Waals surface area contributed by atoms with E-state index in [4.69, 9.17) is 20.9 Å². The molecule has 1 atom stereocenters. The molecule has 1 aromatic rings. The number of nitrogens with zero attached hydrogens (tertiary/aromatic N) is 4. The summed E-state index contributed by atoms with van der Waals surface area (Å²) >= 11 is 0. The van der Waals surface area contributed by atoms with E-state index < -0.39 is 12.0 Å². The molecule has 0 bridgehead atoms. The van der Waals surface area contributed by atoms with Crippen molar-refractivity contribution in [2.24, 2.45) is 9.98 Å². The van der Waals surface area contributed by atoms with Crippen LogP contribution in [0.4, 0.5) is 10.1 Å². The maximum absolute atomic E-state index is 15.7. The van der Waals surface area contributed by atoms with Crippen LogP contribution in [0.3, 0.4) is 0 Å². The van der Waals surface area contributed by atoms with Crippen LogP contribution in [0, 0.1) is 18.2 Å². The first-order valence-corrected chi connectivity index (χ1v) is 13.0. The van der Waals surface area contributed by atoms with Crippen molar-refractivity contribution in [2.75, 3.05) is 46.8 Å². The highest BCUT2D eigenvalue weighted by molar-refractivity contribution is 6.09. The van der Waals surface area contributed by atoms with Gasteiger partial charge in [0, 0.05) is 57.5 Å². The van der Waals surface area contributed by atoms with Gasteiger partial charge in [0.15, 0.2) is 11.6 Å². The van der Waals surface area contributed by atoms with Crippen molar-refractivity contribution in [2.45, 2.75) is 40.3 Å². The molecule has 1 unspecified atom stereocenters. The first kappa shape index (κ1) is 33.8. The summed E-state index contributed by atoms with van der Waals surface area (Å²) in [6.07, 6.45) is 16.5. The van der Waals surface area contributed by atoms with Crippen LogP contribution in [0.2, 0.25) is 0 Å². The van der Waals surface area contributed by atoms with Crippen LogP contribution < -0.4 is 19.7 Å². The first-order valence-electron chi connectivity index (χ1n) is 13.0. The molecule has 0 amide bonds.